The van der Waals surface area contributed by atoms with Crippen LogP contribution in [0.15, 0.2) is 10.4 Å². The number of aromatic hydroxyl groups is 2. The van der Waals surface area contributed by atoms with Gasteiger partial charge in [0.15, 0.2) is 11.4 Å². The van der Waals surface area contributed by atoms with Crippen molar-refractivity contribution >= 4 is 81.8 Å². The molecule has 0 aliphatic rings. The quantitative estimate of drug-likeness (QED) is 0.233. The fourth-order valence-electron chi connectivity index (χ4n) is 2.77. The van der Waals surface area contributed by atoms with Gasteiger partial charge in [-0.1, -0.05) is 0 Å². The van der Waals surface area contributed by atoms with Crippen LogP contribution >= 0.6 is 59.9 Å². The van der Waals surface area contributed by atoms with E-state index < -0.39 is 7.89 Å². The molecule has 2 aromatic carbocycles. The molecule has 0 amide bonds. The Balaban J connectivity index is 0. The molecule has 0 fully saturated rings. The van der Waals surface area contributed by atoms with Crippen molar-refractivity contribution in [3.05, 3.63) is 54.3 Å². The molecular formula is C22H30I3N2O4V2. The number of benzene rings is 2. The zero-order valence-corrected chi connectivity index (χ0v) is 29.3. The maximum atomic E-state index is 10.5. The second kappa shape index (κ2) is 17.7. The summed E-state index contributed by atoms with van der Waals surface area (Å²) < 4.78 is 0. The van der Waals surface area contributed by atoms with E-state index in [1.807, 2.05) is 27.7 Å². The molecule has 0 heterocycles. The first kappa shape index (κ1) is 35.5. The monoisotopic (exact) mass is 869 g/mol. The summed E-state index contributed by atoms with van der Waals surface area (Å²) in [7, 11) is -0.498. The first-order valence-electron chi connectivity index (χ1n) is 9.40. The van der Waals surface area contributed by atoms with Crippen LogP contribution in [0.2, 0.25) is 0 Å². The summed E-state index contributed by atoms with van der Waals surface area (Å²) in [5, 5.41) is 32.2. The van der Waals surface area contributed by atoms with Crippen molar-refractivity contribution < 1.29 is 30.5 Å². The van der Waals surface area contributed by atoms with Crippen molar-refractivity contribution in [2.24, 2.45) is 10.4 Å². The number of hydrogen-bond acceptors (Lipinski definition) is 6. The molecule has 0 saturated carbocycles. The Morgan fingerprint density at radius 2 is 0.848 bits per heavy atom. The molecule has 0 aliphatic heterocycles. The van der Waals surface area contributed by atoms with Crippen molar-refractivity contribution in [2.45, 2.75) is 55.4 Å². The van der Waals surface area contributed by atoms with Gasteiger partial charge in [0, 0.05) is 0 Å². The Labute approximate surface area is 240 Å². The maximum absolute atomic E-state index is 10.5. The molecule has 6 nitrogen and oxygen atoms in total. The summed E-state index contributed by atoms with van der Waals surface area (Å²) in [4.78, 5) is 20.9. The Morgan fingerprint density at radius 1 is 0.667 bits per heavy atom. The average molecular weight is 869 g/mol. The van der Waals surface area contributed by atoms with Gasteiger partial charge >= 0.3 is 90.7 Å². The molecule has 2 aromatic rings. The van der Waals surface area contributed by atoms with Crippen molar-refractivity contribution in [3.63, 3.8) is 0 Å². The van der Waals surface area contributed by atoms with E-state index in [-0.39, 0.29) is 22.9 Å². The minimum absolute atomic E-state index is 0.00981. The second-order valence-corrected chi connectivity index (χ2v) is 28.3. The fourth-order valence-corrected chi connectivity index (χ4v) is 2.77. The van der Waals surface area contributed by atoms with E-state index >= 15 is 0 Å². The molecule has 183 valence electrons. The van der Waals surface area contributed by atoms with Gasteiger partial charge in [-0.05, 0) is 110 Å². The Morgan fingerprint density at radius 3 is 1.03 bits per heavy atom. The van der Waals surface area contributed by atoms with Crippen LogP contribution in [0.25, 0.3) is 0 Å². The number of halogens is 3. The van der Waals surface area contributed by atoms with Crippen molar-refractivity contribution in [1.29, 1.82) is 0 Å². The van der Waals surface area contributed by atoms with Crippen molar-refractivity contribution in [1.82, 2.24) is 0 Å². The second-order valence-electron chi connectivity index (χ2n) is 7.00. The molecule has 0 aliphatic carbocycles. The third kappa shape index (κ3) is 10.9. The first-order valence-corrected chi connectivity index (χ1v) is 24.9. The number of rotatable bonds is 2. The van der Waals surface area contributed by atoms with E-state index in [4.69, 9.17) is 0 Å². The summed E-state index contributed by atoms with van der Waals surface area (Å²) in [6, 6.07) is 0. The van der Waals surface area contributed by atoms with Gasteiger partial charge in [-0.2, -0.15) is 0 Å². The van der Waals surface area contributed by atoms with Gasteiger partial charge < -0.3 is 10.2 Å². The van der Waals surface area contributed by atoms with Gasteiger partial charge in [0.1, 0.15) is 11.5 Å². The van der Waals surface area contributed by atoms with Crippen LogP contribution < -0.4 is 0 Å². The molecule has 0 spiro atoms. The first-order chi connectivity index (χ1) is 15.2. The average Bonchev–Trinajstić information content (AvgIpc) is 2.75. The van der Waals surface area contributed by atoms with Gasteiger partial charge in [0.05, 0.1) is 0 Å². The van der Waals surface area contributed by atoms with E-state index in [1.165, 1.54) is 0 Å². The Kier molecular flexibility index (Phi) is 19.1. The van der Waals surface area contributed by atoms with Gasteiger partial charge in [-0.25, -0.2) is 0 Å². The Bertz CT molecular complexity index is 910. The third-order valence-electron chi connectivity index (χ3n) is 5.43. The fraction of sp³-hybridized carbons (Fsp3) is 0.364. The van der Waals surface area contributed by atoms with Crippen LogP contribution in [-0.4, -0.2) is 20.7 Å². The van der Waals surface area contributed by atoms with Crippen LogP contribution in [0.4, 0.5) is 11.4 Å². The van der Waals surface area contributed by atoms with Crippen molar-refractivity contribution in [3.8, 4) is 11.5 Å². The molecule has 0 radical (unpaired) electrons. The van der Waals surface area contributed by atoms with E-state index in [2.05, 4.69) is 80.8 Å². The molecule has 0 atom stereocenters. The summed E-state index contributed by atoms with van der Waals surface area (Å²) in [5.41, 5.74) is 7.39. The molecular weight excluding hydrogens is 839 g/mol. The normalized spacial score (nSPS) is 9.18. The van der Waals surface area contributed by atoms with Gasteiger partial charge in [0.25, 0.3) is 0 Å². The van der Waals surface area contributed by atoms with Crippen molar-refractivity contribution in [2.75, 3.05) is 0 Å². The molecule has 2 N–H and O–H groups in total. The number of phenols is 2. The van der Waals surface area contributed by atoms with E-state index in [0.29, 0.717) is 12.4 Å². The van der Waals surface area contributed by atoms with Crippen LogP contribution in [0.1, 0.15) is 44.5 Å². The summed E-state index contributed by atoms with van der Waals surface area (Å²) >= 11 is 7.41. The number of nitrogens with zero attached hydrogens (tertiary/aromatic N) is 2. The zero-order chi connectivity index (χ0) is 26.6. The molecule has 0 unspecified atom stereocenters. The van der Waals surface area contributed by atoms with E-state index in [9.17, 15) is 20.0 Å². The van der Waals surface area contributed by atoms with Crippen LogP contribution in [-0.2, 0) is 20.3 Å². The number of nitroso groups, excluding NO2 is 2. The summed E-state index contributed by atoms with van der Waals surface area (Å²) in [6.07, 6.45) is 0. The van der Waals surface area contributed by atoms with Gasteiger partial charge in [-0.3, -0.25) is 0 Å². The summed E-state index contributed by atoms with van der Waals surface area (Å²) in [6.45, 7) is 14.8. The predicted octanol–water partition coefficient (Wildman–Crippen LogP) is 8.64. The molecule has 0 saturated heterocycles. The SMILES string of the molecule is Cc1c(C)c(C)c(N=O)c(O)c1C.Cc1c(C)c(C)c(N=O)c(O)c1C.[CH2]=[V]([I])[I].[CH2]=[V][I]. The third-order valence-corrected chi connectivity index (χ3v) is 5.43. The number of hydrogen-bond donors (Lipinski definition) is 2. The van der Waals surface area contributed by atoms with Gasteiger partial charge in [0.2, 0.25) is 0 Å². The molecule has 0 aromatic heterocycles. The molecule has 0 bridgehead atoms. The molecule has 33 heavy (non-hydrogen) atoms. The molecule has 2 rings (SSSR count). The number of phenolic OH excluding ortho intramolecular Hbond substituents is 2. The van der Waals surface area contributed by atoms with Gasteiger partial charge in [-0.15, -0.1) is 9.81 Å². The molecule has 11 heteroatoms. The van der Waals surface area contributed by atoms with E-state index in [0.717, 1.165) is 44.5 Å². The minimum atomic E-state index is -0.498. The van der Waals surface area contributed by atoms with Crippen LogP contribution in [0.5, 0.6) is 11.5 Å². The predicted molar refractivity (Wildman–Crippen MR) is 161 cm³/mol. The topological polar surface area (TPSA) is 99.3 Å². The van der Waals surface area contributed by atoms with Crippen LogP contribution in [0.3, 0.4) is 0 Å². The standard InChI is InChI=1S/2C10H13NO2.2CH2.3HI.2V/c2*1-5-6(2)8(4)10(12)9(11-13)7(5)3;;;;;;;/h2*12H,1-4H3;2*1H2;3*1H;;/q;;;;;;;+1;+2/p-3. The van der Waals surface area contributed by atoms with E-state index in [1.54, 1.807) is 27.7 Å². The van der Waals surface area contributed by atoms with Crippen LogP contribution in [0, 0.1) is 65.2 Å². The Hall–Kier alpha value is 0.339. The zero-order valence-electron chi connectivity index (χ0n) is 20.0. The summed E-state index contributed by atoms with van der Waals surface area (Å²) in [5.74, 6) is 0.0196.